The van der Waals surface area contributed by atoms with E-state index in [0.717, 1.165) is 11.8 Å². The van der Waals surface area contributed by atoms with Gasteiger partial charge < -0.3 is 0 Å². The molecule has 1 aromatic heterocycles. The maximum atomic E-state index is 13.0. The predicted molar refractivity (Wildman–Crippen MR) is 63.4 cm³/mol. The van der Waals surface area contributed by atoms with E-state index in [4.69, 9.17) is 0 Å². The van der Waals surface area contributed by atoms with Gasteiger partial charge >= 0.3 is 0 Å². The van der Waals surface area contributed by atoms with E-state index in [0.29, 0.717) is 5.56 Å². The number of ketones is 1. The van der Waals surface area contributed by atoms with Gasteiger partial charge in [-0.1, -0.05) is 37.3 Å². The third-order valence-electron chi connectivity index (χ3n) is 2.68. The van der Waals surface area contributed by atoms with Crippen LogP contribution in [0.1, 0.15) is 28.8 Å². The van der Waals surface area contributed by atoms with E-state index in [9.17, 15) is 9.18 Å². The number of aromatic nitrogens is 1. The van der Waals surface area contributed by atoms with Crippen molar-refractivity contribution in [3.63, 3.8) is 0 Å². The molecule has 0 saturated heterocycles. The number of carbonyl (C=O) groups excluding carboxylic acids is 1. The Morgan fingerprint density at radius 2 is 1.94 bits per heavy atom. The molecule has 17 heavy (non-hydrogen) atoms. The molecule has 3 heteroatoms. The maximum Gasteiger partial charge on any atom is 0.171 e. The average Bonchev–Trinajstić information content (AvgIpc) is 2.38. The zero-order chi connectivity index (χ0) is 12.3. The van der Waals surface area contributed by atoms with Crippen molar-refractivity contribution in [2.45, 2.75) is 12.8 Å². The van der Waals surface area contributed by atoms with Crippen molar-refractivity contribution in [2.24, 2.45) is 0 Å². The largest absolute Gasteiger partial charge is 0.293 e. The fourth-order valence-electron chi connectivity index (χ4n) is 1.69. The lowest BCUT2D eigenvalue weighted by molar-refractivity contribution is 0.0965. The minimum atomic E-state index is -0.490. The lowest BCUT2D eigenvalue weighted by Gasteiger charge is -2.10. The van der Waals surface area contributed by atoms with Crippen LogP contribution in [0.15, 0.2) is 48.8 Å². The first-order valence-corrected chi connectivity index (χ1v) is 5.38. The van der Waals surface area contributed by atoms with Crippen molar-refractivity contribution in [3.8, 4) is 0 Å². The van der Waals surface area contributed by atoms with Gasteiger partial charge in [-0.25, -0.2) is 4.39 Å². The molecule has 0 fully saturated rings. The first-order valence-electron chi connectivity index (χ1n) is 5.38. The topological polar surface area (TPSA) is 30.0 Å². The molecule has 0 N–H and O–H groups in total. The highest BCUT2D eigenvalue weighted by atomic mass is 19.1. The second kappa shape index (κ2) is 4.87. The number of carbonyl (C=O) groups is 1. The number of Topliss-reactive ketones (excluding diaryl/α,β-unsaturated/α-hetero) is 1. The lowest BCUT2D eigenvalue weighted by atomic mass is 9.93. The summed E-state index contributed by atoms with van der Waals surface area (Å²) in [5.41, 5.74) is 1.23. The number of pyridine rings is 1. The lowest BCUT2D eigenvalue weighted by Crippen LogP contribution is -2.10. The minimum Gasteiger partial charge on any atom is -0.293 e. The monoisotopic (exact) mass is 229 g/mol. The van der Waals surface area contributed by atoms with Crippen LogP contribution in [0.25, 0.3) is 0 Å². The molecule has 0 aliphatic heterocycles. The van der Waals surface area contributed by atoms with Crippen LogP contribution in [0, 0.1) is 5.82 Å². The molecule has 86 valence electrons. The molecule has 1 heterocycles. The van der Waals surface area contributed by atoms with Gasteiger partial charge in [0, 0.05) is 17.7 Å². The van der Waals surface area contributed by atoms with E-state index in [-0.39, 0.29) is 11.7 Å². The van der Waals surface area contributed by atoms with E-state index in [1.807, 2.05) is 37.3 Å². The Morgan fingerprint density at radius 3 is 2.59 bits per heavy atom. The molecule has 0 aliphatic rings. The van der Waals surface area contributed by atoms with Crippen LogP contribution >= 0.6 is 0 Å². The van der Waals surface area contributed by atoms with Crippen molar-refractivity contribution < 1.29 is 9.18 Å². The number of hydrogen-bond acceptors (Lipinski definition) is 2. The Hall–Kier alpha value is -2.03. The Morgan fingerprint density at radius 1 is 1.24 bits per heavy atom. The molecule has 0 amide bonds. The number of benzene rings is 1. The fraction of sp³-hybridized carbons (Fsp3) is 0.143. The van der Waals surface area contributed by atoms with Gasteiger partial charge in [0.2, 0.25) is 0 Å². The van der Waals surface area contributed by atoms with Crippen molar-refractivity contribution in [1.29, 1.82) is 0 Å². The summed E-state index contributed by atoms with van der Waals surface area (Å²) in [5.74, 6) is -0.904. The molecule has 0 radical (unpaired) electrons. The molecule has 2 aromatic rings. The molecule has 2 rings (SSSR count). The van der Waals surface area contributed by atoms with Crippen LogP contribution in [0.5, 0.6) is 0 Å². The van der Waals surface area contributed by atoms with Crippen LogP contribution < -0.4 is 0 Å². The smallest absolute Gasteiger partial charge is 0.171 e. The summed E-state index contributed by atoms with van der Waals surface area (Å²) in [6, 6.07) is 10.6. The fourth-order valence-corrected chi connectivity index (χ4v) is 1.69. The van der Waals surface area contributed by atoms with E-state index in [1.165, 1.54) is 12.3 Å². The molecule has 0 saturated carbocycles. The highest BCUT2D eigenvalue weighted by Crippen LogP contribution is 2.19. The standard InChI is InChI=1S/C14H12FNO/c1-10(11-5-3-2-4-6-11)14(17)12-7-13(15)9-16-8-12/h2-10H,1H3. The van der Waals surface area contributed by atoms with Crippen molar-refractivity contribution >= 4 is 5.78 Å². The third kappa shape index (κ3) is 2.56. The second-order valence-corrected chi connectivity index (χ2v) is 3.89. The van der Waals surface area contributed by atoms with E-state index in [2.05, 4.69) is 4.98 Å². The average molecular weight is 229 g/mol. The van der Waals surface area contributed by atoms with Gasteiger partial charge in [0.15, 0.2) is 5.78 Å². The number of rotatable bonds is 3. The van der Waals surface area contributed by atoms with E-state index < -0.39 is 5.82 Å². The second-order valence-electron chi connectivity index (χ2n) is 3.89. The summed E-state index contributed by atoms with van der Waals surface area (Å²) in [7, 11) is 0. The third-order valence-corrected chi connectivity index (χ3v) is 2.68. The minimum absolute atomic E-state index is 0.122. The molecule has 0 spiro atoms. The highest BCUT2D eigenvalue weighted by Gasteiger charge is 2.17. The van der Waals surface area contributed by atoms with Crippen LogP contribution in [-0.4, -0.2) is 10.8 Å². The summed E-state index contributed by atoms with van der Waals surface area (Å²) < 4.78 is 13.0. The van der Waals surface area contributed by atoms with Crippen LogP contribution in [0.2, 0.25) is 0 Å². The Balaban J connectivity index is 2.27. The SMILES string of the molecule is CC(C(=O)c1cncc(F)c1)c1ccccc1. The highest BCUT2D eigenvalue weighted by molar-refractivity contribution is 6.00. The summed E-state index contributed by atoms with van der Waals surface area (Å²) in [4.78, 5) is 15.8. The van der Waals surface area contributed by atoms with Gasteiger partial charge in [0.1, 0.15) is 5.82 Å². The van der Waals surface area contributed by atoms with Gasteiger partial charge in [-0.05, 0) is 11.6 Å². The first-order chi connectivity index (χ1) is 8.18. The molecule has 1 atom stereocenters. The summed E-state index contributed by atoms with van der Waals surface area (Å²) in [6.07, 6.45) is 2.48. The van der Waals surface area contributed by atoms with Gasteiger partial charge in [-0.2, -0.15) is 0 Å². The molecule has 1 aromatic carbocycles. The van der Waals surface area contributed by atoms with Crippen molar-refractivity contribution in [3.05, 3.63) is 65.7 Å². The van der Waals surface area contributed by atoms with Crippen molar-refractivity contribution in [2.75, 3.05) is 0 Å². The molecule has 0 aliphatic carbocycles. The quantitative estimate of drug-likeness (QED) is 0.756. The molecule has 1 unspecified atom stereocenters. The number of hydrogen-bond donors (Lipinski definition) is 0. The van der Waals surface area contributed by atoms with Gasteiger partial charge in [0.25, 0.3) is 0 Å². The molecular weight excluding hydrogens is 217 g/mol. The van der Waals surface area contributed by atoms with E-state index in [1.54, 1.807) is 0 Å². The maximum absolute atomic E-state index is 13.0. The normalized spacial score (nSPS) is 12.1. The zero-order valence-electron chi connectivity index (χ0n) is 9.43. The van der Waals surface area contributed by atoms with Gasteiger partial charge in [-0.3, -0.25) is 9.78 Å². The van der Waals surface area contributed by atoms with Gasteiger partial charge in [0.05, 0.1) is 6.20 Å². The van der Waals surface area contributed by atoms with Crippen LogP contribution in [0.3, 0.4) is 0 Å². The summed E-state index contributed by atoms with van der Waals surface area (Å²) in [5, 5.41) is 0. The van der Waals surface area contributed by atoms with Crippen LogP contribution in [0.4, 0.5) is 4.39 Å². The Labute approximate surface area is 99.1 Å². The predicted octanol–water partition coefficient (Wildman–Crippen LogP) is 3.21. The molecular formula is C14H12FNO. The zero-order valence-corrected chi connectivity index (χ0v) is 9.43. The number of nitrogens with zero attached hydrogens (tertiary/aromatic N) is 1. The summed E-state index contributed by atoms with van der Waals surface area (Å²) in [6.45, 7) is 1.81. The van der Waals surface area contributed by atoms with Crippen molar-refractivity contribution in [1.82, 2.24) is 4.98 Å². The summed E-state index contributed by atoms with van der Waals surface area (Å²) >= 11 is 0. The Kier molecular flexibility index (Phi) is 3.28. The number of halogens is 1. The molecule has 2 nitrogen and oxygen atoms in total. The first kappa shape index (κ1) is 11.5. The van der Waals surface area contributed by atoms with Crippen LogP contribution in [-0.2, 0) is 0 Å². The van der Waals surface area contributed by atoms with Gasteiger partial charge in [-0.15, -0.1) is 0 Å². The Bertz CT molecular complexity index is 525. The van der Waals surface area contributed by atoms with E-state index >= 15 is 0 Å². The molecule has 0 bridgehead atoms.